The number of benzene rings is 1. The summed E-state index contributed by atoms with van der Waals surface area (Å²) in [6, 6.07) is 10.0. The maximum atomic E-state index is 7.86. The van der Waals surface area contributed by atoms with Crippen LogP contribution in [0, 0.1) is 10.8 Å². The Hall–Kier alpha value is -2.51. The molecule has 1 aromatic carbocycles. The van der Waals surface area contributed by atoms with Crippen molar-refractivity contribution in [2.24, 2.45) is 11.1 Å². The first-order valence-corrected chi connectivity index (χ1v) is 12.5. The molecule has 1 aliphatic heterocycles. The Morgan fingerprint density at radius 2 is 1.88 bits per heavy atom. The quantitative estimate of drug-likeness (QED) is 0.582. The molecular formula is C26H35N7. The van der Waals surface area contributed by atoms with Crippen LogP contribution in [0.5, 0.6) is 0 Å². The van der Waals surface area contributed by atoms with Crippen LogP contribution < -0.4 is 16.0 Å². The van der Waals surface area contributed by atoms with E-state index >= 15 is 0 Å². The summed E-state index contributed by atoms with van der Waals surface area (Å²) in [6.45, 7) is 6.65. The summed E-state index contributed by atoms with van der Waals surface area (Å²) >= 11 is 0. The summed E-state index contributed by atoms with van der Waals surface area (Å²) < 4.78 is 0. The lowest BCUT2D eigenvalue weighted by molar-refractivity contribution is 0.0372. The van der Waals surface area contributed by atoms with Gasteiger partial charge in [-0.05, 0) is 63.0 Å². The minimum absolute atomic E-state index is 0.201. The van der Waals surface area contributed by atoms with E-state index in [1.165, 1.54) is 38.3 Å². The van der Waals surface area contributed by atoms with Crippen molar-refractivity contribution in [3.05, 3.63) is 41.7 Å². The molecule has 2 unspecified atom stereocenters. The van der Waals surface area contributed by atoms with E-state index in [4.69, 9.17) is 11.1 Å². The molecule has 3 atom stereocenters. The van der Waals surface area contributed by atoms with Gasteiger partial charge in [-0.3, -0.25) is 4.90 Å². The molecule has 3 saturated carbocycles. The van der Waals surface area contributed by atoms with Gasteiger partial charge in [0.05, 0.1) is 0 Å². The van der Waals surface area contributed by atoms with Crippen molar-refractivity contribution >= 4 is 23.5 Å². The zero-order chi connectivity index (χ0) is 22.8. The molecule has 4 fully saturated rings. The predicted molar refractivity (Wildman–Crippen MR) is 132 cm³/mol. The molecule has 0 radical (unpaired) electrons. The number of nitrogens with two attached hydrogens (primary N) is 1. The summed E-state index contributed by atoms with van der Waals surface area (Å²) in [4.78, 5) is 14.2. The summed E-state index contributed by atoms with van der Waals surface area (Å²) in [6.07, 6.45) is 10.6. The molecule has 1 saturated heterocycles. The fourth-order valence-corrected chi connectivity index (χ4v) is 6.39. The van der Waals surface area contributed by atoms with Crippen LogP contribution in [0.1, 0.15) is 63.5 Å². The van der Waals surface area contributed by atoms with Crippen molar-refractivity contribution in [1.29, 1.82) is 5.41 Å². The van der Waals surface area contributed by atoms with Crippen molar-refractivity contribution in [2.75, 3.05) is 23.3 Å². The molecule has 4 N–H and O–H groups in total. The van der Waals surface area contributed by atoms with Crippen molar-refractivity contribution < 1.29 is 0 Å². The van der Waals surface area contributed by atoms with Gasteiger partial charge in [-0.1, -0.05) is 18.6 Å². The van der Waals surface area contributed by atoms with Crippen molar-refractivity contribution in [3.8, 4) is 0 Å². The van der Waals surface area contributed by atoms with E-state index in [1.807, 2.05) is 12.1 Å². The molecule has 33 heavy (non-hydrogen) atoms. The molecule has 2 aromatic rings. The van der Waals surface area contributed by atoms with Gasteiger partial charge in [0.25, 0.3) is 0 Å². The lowest BCUT2D eigenvalue weighted by Gasteiger charge is -2.51. The van der Waals surface area contributed by atoms with E-state index in [9.17, 15) is 0 Å². The third-order valence-electron chi connectivity index (χ3n) is 8.74. The molecule has 4 aliphatic rings. The molecule has 1 spiro atoms. The maximum Gasteiger partial charge on any atom is 0.135 e. The minimum Gasteiger partial charge on any atom is -0.353 e. The van der Waals surface area contributed by atoms with Crippen LogP contribution in [-0.2, 0) is 5.54 Å². The van der Waals surface area contributed by atoms with E-state index in [2.05, 4.69) is 51.1 Å². The first-order chi connectivity index (χ1) is 15.9. The van der Waals surface area contributed by atoms with Gasteiger partial charge in [-0.2, -0.15) is 0 Å². The SMILES string of the molecule is CC1CN(c2cc(Nc3cc([C@]4(N)CC45CC5)ccc3C=N)ncn2)CC(C)N1C1CCC1. The zero-order valence-corrected chi connectivity index (χ0v) is 19.7. The number of hydrogen-bond acceptors (Lipinski definition) is 7. The second-order valence-electron chi connectivity index (χ2n) is 10.9. The minimum atomic E-state index is -0.201. The number of piperazine rings is 1. The molecule has 0 bridgehead atoms. The number of rotatable bonds is 6. The Morgan fingerprint density at radius 3 is 2.48 bits per heavy atom. The van der Waals surface area contributed by atoms with Crippen LogP contribution in [0.25, 0.3) is 0 Å². The Balaban J connectivity index is 1.22. The van der Waals surface area contributed by atoms with Crippen LogP contribution in [-0.4, -0.2) is 52.3 Å². The van der Waals surface area contributed by atoms with E-state index in [1.54, 1.807) is 6.33 Å². The number of nitrogens with one attached hydrogen (secondary N) is 2. The normalized spacial score (nSPS) is 30.7. The van der Waals surface area contributed by atoms with Crippen molar-refractivity contribution in [1.82, 2.24) is 14.9 Å². The van der Waals surface area contributed by atoms with Gasteiger partial charge in [0.1, 0.15) is 18.0 Å². The Morgan fingerprint density at radius 1 is 1.12 bits per heavy atom. The highest BCUT2D eigenvalue weighted by Gasteiger charge is 2.72. The van der Waals surface area contributed by atoms with Crippen LogP contribution in [0.15, 0.2) is 30.6 Å². The second kappa shape index (κ2) is 7.50. The van der Waals surface area contributed by atoms with Gasteiger partial charge < -0.3 is 21.4 Å². The van der Waals surface area contributed by atoms with Crippen LogP contribution in [0.2, 0.25) is 0 Å². The van der Waals surface area contributed by atoms with E-state index in [0.717, 1.165) is 54.0 Å². The number of anilines is 3. The summed E-state index contributed by atoms with van der Waals surface area (Å²) in [5.41, 5.74) is 9.76. The molecular weight excluding hydrogens is 410 g/mol. The number of hydrogen-bond donors (Lipinski definition) is 3. The average Bonchev–Trinajstić information content (AvgIpc) is 3.67. The van der Waals surface area contributed by atoms with Gasteiger partial charge >= 0.3 is 0 Å². The molecule has 2 heterocycles. The molecule has 3 aliphatic carbocycles. The monoisotopic (exact) mass is 445 g/mol. The molecule has 174 valence electrons. The fraction of sp³-hybridized carbons (Fsp3) is 0.577. The number of nitrogens with zero attached hydrogens (tertiary/aromatic N) is 4. The van der Waals surface area contributed by atoms with Gasteiger partial charge in [-0.15, -0.1) is 0 Å². The Labute approximate surface area is 196 Å². The predicted octanol–water partition coefficient (Wildman–Crippen LogP) is 4.01. The van der Waals surface area contributed by atoms with Crippen LogP contribution in [0.3, 0.4) is 0 Å². The fourth-order valence-electron chi connectivity index (χ4n) is 6.39. The Bertz CT molecular complexity index is 1060. The van der Waals surface area contributed by atoms with Gasteiger partial charge in [0.15, 0.2) is 0 Å². The van der Waals surface area contributed by atoms with Crippen molar-refractivity contribution in [3.63, 3.8) is 0 Å². The zero-order valence-electron chi connectivity index (χ0n) is 19.7. The molecule has 0 amide bonds. The highest BCUT2D eigenvalue weighted by molar-refractivity contribution is 5.87. The molecule has 7 heteroatoms. The lowest BCUT2D eigenvalue weighted by Crippen LogP contribution is -2.61. The molecule has 1 aromatic heterocycles. The highest BCUT2D eigenvalue weighted by atomic mass is 15.3. The summed E-state index contributed by atoms with van der Waals surface area (Å²) in [5.74, 6) is 1.71. The van der Waals surface area contributed by atoms with E-state index < -0.39 is 0 Å². The van der Waals surface area contributed by atoms with Crippen molar-refractivity contribution in [2.45, 2.75) is 76.0 Å². The summed E-state index contributed by atoms with van der Waals surface area (Å²) in [5, 5.41) is 11.3. The standard InChI is InChI=1S/C26H35N7/c1-17-13-32(14-18(2)33(17)21-4-3-5-21)24-11-23(29-16-30-24)31-22-10-20(7-6-19(22)12-27)26(28)15-25(26)8-9-25/h6-7,10-12,16-18,21,27H,3-5,8-9,13-15,28H2,1-2H3,(H,29,30,31)/t17?,18?,26-/m1/s1. The maximum absolute atomic E-state index is 7.86. The van der Waals surface area contributed by atoms with Gasteiger partial charge in [0.2, 0.25) is 0 Å². The first kappa shape index (κ1) is 21.1. The third kappa shape index (κ3) is 3.44. The Kier molecular flexibility index (Phi) is 4.79. The highest BCUT2D eigenvalue weighted by Crippen LogP contribution is 2.76. The lowest BCUT2D eigenvalue weighted by atomic mass is 9.88. The largest absolute Gasteiger partial charge is 0.353 e. The average molecular weight is 446 g/mol. The van der Waals surface area contributed by atoms with Gasteiger partial charge in [0, 0.05) is 60.3 Å². The van der Waals surface area contributed by atoms with Crippen LogP contribution >= 0.6 is 0 Å². The number of aromatic nitrogens is 2. The third-order valence-corrected chi connectivity index (χ3v) is 8.74. The summed E-state index contributed by atoms with van der Waals surface area (Å²) in [7, 11) is 0. The van der Waals surface area contributed by atoms with Crippen LogP contribution in [0.4, 0.5) is 17.3 Å². The second-order valence-corrected chi connectivity index (χ2v) is 10.9. The topological polar surface area (TPSA) is 94.2 Å². The van der Waals surface area contributed by atoms with Gasteiger partial charge in [-0.25, -0.2) is 9.97 Å². The first-order valence-electron chi connectivity index (χ1n) is 12.5. The van der Waals surface area contributed by atoms with E-state index in [-0.39, 0.29) is 5.54 Å². The smallest absolute Gasteiger partial charge is 0.135 e. The van der Waals surface area contributed by atoms with E-state index in [0.29, 0.717) is 17.5 Å². The molecule has 7 nitrogen and oxygen atoms in total. The molecule has 6 rings (SSSR count).